The number of alkyl carbamates (subject to hydrolysis) is 1. The normalized spacial score (nSPS) is 11.6. The van der Waals surface area contributed by atoms with Crippen LogP contribution >= 0.6 is 23.2 Å². The average Bonchev–Trinajstić information content (AvgIpc) is 2.53. The summed E-state index contributed by atoms with van der Waals surface area (Å²) in [6.45, 7) is 0.0721. The van der Waals surface area contributed by atoms with Gasteiger partial charge in [0.1, 0.15) is 6.61 Å². The molecule has 1 atom stereocenters. The number of ether oxygens (including phenoxy) is 1. The first-order valence-corrected chi connectivity index (χ1v) is 7.86. The largest absolute Gasteiger partial charge is 0.481 e. The highest BCUT2D eigenvalue weighted by Crippen LogP contribution is 2.32. The molecular formula is C17H15Cl2NO4. The summed E-state index contributed by atoms with van der Waals surface area (Å²) in [6.07, 6.45) is -1.12. The standard InChI is InChI=1S/C17H15Cl2NO4/c18-12-7-4-8-13(19)16(12)14(9-15(21)22)20-17(23)24-10-11-5-2-1-3-6-11/h1-8,14H,9-10H2,(H,20,23)(H,21,22)/t14-/m1/s1. The highest BCUT2D eigenvalue weighted by Gasteiger charge is 2.23. The first kappa shape index (κ1) is 18.1. The minimum absolute atomic E-state index is 0.0721. The summed E-state index contributed by atoms with van der Waals surface area (Å²) in [5, 5.41) is 12.1. The molecule has 0 heterocycles. The summed E-state index contributed by atoms with van der Waals surface area (Å²) >= 11 is 12.2. The minimum atomic E-state index is -1.10. The molecule has 2 aromatic carbocycles. The van der Waals surface area contributed by atoms with Crippen LogP contribution in [0.3, 0.4) is 0 Å². The van der Waals surface area contributed by atoms with Crippen LogP contribution in [0.5, 0.6) is 0 Å². The van der Waals surface area contributed by atoms with Crippen molar-refractivity contribution in [2.24, 2.45) is 0 Å². The zero-order chi connectivity index (χ0) is 17.5. The molecule has 24 heavy (non-hydrogen) atoms. The number of hydrogen-bond donors (Lipinski definition) is 2. The van der Waals surface area contributed by atoms with Gasteiger partial charge in [-0.3, -0.25) is 4.79 Å². The molecule has 126 valence electrons. The van der Waals surface area contributed by atoms with Crippen molar-refractivity contribution in [2.45, 2.75) is 19.1 Å². The molecule has 1 amide bonds. The van der Waals surface area contributed by atoms with Crippen LogP contribution in [0.15, 0.2) is 48.5 Å². The van der Waals surface area contributed by atoms with E-state index in [1.807, 2.05) is 30.3 Å². The van der Waals surface area contributed by atoms with Crippen molar-refractivity contribution >= 4 is 35.3 Å². The van der Waals surface area contributed by atoms with Crippen molar-refractivity contribution in [1.29, 1.82) is 0 Å². The molecule has 2 aromatic rings. The Labute approximate surface area is 149 Å². The number of benzene rings is 2. The van der Waals surface area contributed by atoms with Gasteiger partial charge >= 0.3 is 12.1 Å². The molecule has 0 aliphatic carbocycles. The van der Waals surface area contributed by atoms with Crippen LogP contribution in [0.4, 0.5) is 4.79 Å². The number of halogens is 2. The summed E-state index contributed by atoms with van der Waals surface area (Å²) in [6, 6.07) is 13.0. The van der Waals surface area contributed by atoms with Gasteiger partial charge in [-0.15, -0.1) is 0 Å². The van der Waals surface area contributed by atoms with Crippen LogP contribution in [-0.4, -0.2) is 17.2 Å². The van der Waals surface area contributed by atoms with Gasteiger partial charge in [0.2, 0.25) is 0 Å². The van der Waals surface area contributed by atoms with Crippen LogP contribution in [0.25, 0.3) is 0 Å². The Morgan fingerprint density at radius 2 is 1.67 bits per heavy atom. The first-order valence-electron chi connectivity index (χ1n) is 7.10. The molecule has 0 saturated carbocycles. The molecular weight excluding hydrogens is 353 g/mol. The fourth-order valence-electron chi connectivity index (χ4n) is 2.15. The second-order valence-electron chi connectivity index (χ2n) is 4.99. The van der Waals surface area contributed by atoms with Gasteiger partial charge in [0.05, 0.1) is 12.5 Å². The Morgan fingerprint density at radius 3 is 2.25 bits per heavy atom. The Balaban J connectivity index is 2.08. The van der Waals surface area contributed by atoms with E-state index in [1.165, 1.54) is 0 Å². The maximum atomic E-state index is 12.0. The lowest BCUT2D eigenvalue weighted by molar-refractivity contribution is -0.137. The quantitative estimate of drug-likeness (QED) is 0.791. The predicted octanol–water partition coefficient (Wildman–Crippen LogP) is 4.44. The van der Waals surface area contributed by atoms with Gasteiger partial charge in [-0.05, 0) is 17.7 Å². The second kappa shape index (κ2) is 8.57. The number of carboxylic acids is 1. The van der Waals surface area contributed by atoms with Gasteiger partial charge in [0.25, 0.3) is 0 Å². The number of hydrogen-bond acceptors (Lipinski definition) is 3. The van der Waals surface area contributed by atoms with E-state index in [9.17, 15) is 9.59 Å². The van der Waals surface area contributed by atoms with Crippen LogP contribution in [0, 0.1) is 0 Å². The van der Waals surface area contributed by atoms with E-state index in [0.717, 1.165) is 5.56 Å². The third kappa shape index (κ3) is 5.15. The van der Waals surface area contributed by atoms with Gasteiger partial charge in [0.15, 0.2) is 0 Å². The monoisotopic (exact) mass is 367 g/mol. The summed E-state index contributed by atoms with van der Waals surface area (Å²) < 4.78 is 5.11. The van der Waals surface area contributed by atoms with Crippen LogP contribution in [0.1, 0.15) is 23.6 Å². The van der Waals surface area contributed by atoms with E-state index in [1.54, 1.807) is 18.2 Å². The van der Waals surface area contributed by atoms with E-state index in [-0.39, 0.29) is 23.1 Å². The van der Waals surface area contributed by atoms with E-state index in [2.05, 4.69) is 5.32 Å². The molecule has 0 bridgehead atoms. The van der Waals surface area contributed by atoms with Crippen LogP contribution < -0.4 is 5.32 Å². The molecule has 0 aromatic heterocycles. The molecule has 0 fully saturated rings. The Hall–Kier alpha value is -2.24. The topological polar surface area (TPSA) is 75.6 Å². The minimum Gasteiger partial charge on any atom is -0.481 e. The molecule has 2 N–H and O–H groups in total. The number of carboxylic acid groups (broad SMARTS) is 1. The number of carbonyl (C=O) groups excluding carboxylic acids is 1. The lowest BCUT2D eigenvalue weighted by atomic mass is 10.0. The predicted molar refractivity (Wildman–Crippen MR) is 91.2 cm³/mol. The fourth-order valence-corrected chi connectivity index (χ4v) is 2.81. The van der Waals surface area contributed by atoms with E-state index < -0.39 is 18.1 Å². The molecule has 2 rings (SSSR count). The van der Waals surface area contributed by atoms with Gasteiger partial charge in [-0.1, -0.05) is 59.6 Å². The van der Waals surface area contributed by atoms with Gasteiger partial charge in [-0.25, -0.2) is 4.79 Å². The van der Waals surface area contributed by atoms with Gasteiger partial charge < -0.3 is 15.2 Å². The molecule has 0 aliphatic rings. The Morgan fingerprint density at radius 1 is 1.04 bits per heavy atom. The number of carbonyl (C=O) groups is 2. The Bertz CT molecular complexity index is 702. The Kier molecular flexibility index (Phi) is 6.46. The maximum Gasteiger partial charge on any atom is 0.407 e. The number of amides is 1. The highest BCUT2D eigenvalue weighted by molar-refractivity contribution is 6.36. The molecule has 0 radical (unpaired) electrons. The van der Waals surface area contributed by atoms with Crippen LogP contribution in [0.2, 0.25) is 10.0 Å². The van der Waals surface area contributed by atoms with Crippen molar-refractivity contribution in [1.82, 2.24) is 5.32 Å². The zero-order valence-electron chi connectivity index (χ0n) is 12.5. The third-order valence-electron chi connectivity index (χ3n) is 3.23. The fraction of sp³-hybridized carbons (Fsp3) is 0.176. The average molecular weight is 368 g/mol. The van der Waals surface area contributed by atoms with Crippen molar-refractivity contribution in [3.8, 4) is 0 Å². The van der Waals surface area contributed by atoms with Crippen molar-refractivity contribution < 1.29 is 19.4 Å². The number of nitrogens with one attached hydrogen (secondary N) is 1. The van der Waals surface area contributed by atoms with Crippen molar-refractivity contribution in [3.63, 3.8) is 0 Å². The molecule has 7 heteroatoms. The molecule has 0 aliphatic heterocycles. The van der Waals surface area contributed by atoms with Crippen molar-refractivity contribution in [3.05, 3.63) is 69.7 Å². The highest BCUT2D eigenvalue weighted by atomic mass is 35.5. The summed E-state index contributed by atoms with van der Waals surface area (Å²) in [5.74, 6) is -1.10. The smallest absolute Gasteiger partial charge is 0.407 e. The lowest BCUT2D eigenvalue weighted by Gasteiger charge is -2.19. The third-order valence-corrected chi connectivity index (χ3v) is 3.89. The van der Waals surface area contributed by atoms with E-state index in [0.29, 0.717) is 5.56 Å². The summed E-state index contributed by atoms with van der Waals surface area (Å²) in [4.78, 5) is 23.1. The lowest BCUT2D eigenvalue weighted by Crippen LogP contribution is -2.31. The van der Waals surface area contributed by atoms with E-state index in [4.69, 9.17) is 33.0 Å². The molecule has 0 spiro atoms. The van der Waals surface area contributed by atoms with Gasteiger partial charge in [-0.2, -0.15) is 0 Å². The zero-order valence-corrected chi connectivity index (χ0v) is 14.1. The second-order valence-corrected chi connectivity index (χ2v) is 5.81. The maximum absolute atomic E-state index is 12.0. The molecule has 5 nitrogen and oxygen atoms in total. The number of aliphatic carboxylic acids is 1. The van der Waals surface area contributed by atoms with Gasteiger partial charge in [0, 0.05) is 15.6 Å². The molecule has 0 unspecified atom stereocenters. The van der Waals surface area contributed by atoms with E-state index >= 15 is 0 Å². The first-order chi connectivity index (χ1) is 11.5. The summed E-state index contributed by atoms with van der Waals surface area (Å²) in [5.41, 5.74) is 1.16. The molecule has 0 saturated heterocycles. The van der Waals surface area contributed by atoms with Crippen LogP contribution in [-0.2, 0) is 16.1 Å². The summed E-state index contributed by atoms with van der Waals surface area (Å²) in [7, 11) is 0. The SMILES string of the molecule is O=C(O)C[C@@H](NC(=O)OCc1ccccc1)c1c(Cl)cccc1Cl. The van der Waals surface area contributed by atoms with Crippen molar-refractivity contribution in [2.75, 3.05) is 0 Å². The number of rotatable bonds is 6.